The maximum atomic E-state index is 8.96. The van der Waals surface area contributed by atoms with Crippen molar-refractivity contribution in [2.75, 3.05) is 19.8 Å². The molecule has 0 aliphatic carbocycles. The van der Waals surface area contributed by atoms with Gasteiger partial charge in [0.1, 0.15) is 0 Å². The third kappa shape index (κ3) is 2.61. The highest BCUT2D eigenvalue weighted by atomic mass is 16.5. The first kappa shape index (κ1) is 11.6. The van der Waals surface area contributed by atoms with Gasteiger partial charge in [-0.05, 0) is 29.9 Å². The number of hydrogen-bond donors (Lipinski definition) is 2. The van der Waals surface area contributed by atoms with Gasteiger partial charge >= 0.3 is 0 Å². The van der Waals surface area contributed by atoms with Gasteiger partial charge < -0.3 is 15.6 Å². The Kier molecular flexibility index (Phi) is 3.93. The van der Waals surface area contributed by atoms with Gasteiger partial charge in [0, 0.05) is 13.2 Å². The van der Waals surface area contributed by atoms with Crippen LogP contribution in [0, 0.1) is 0 Å². The van der Waals surface area contributed by atoms with Crippen LogP contribution in [0.1, 0.15) is 35.9 Å². The van der Waals surface area contributed by atoms with Crippen LogP contribution in [0.5, 0.6) is 0 Å². The summed E-state index contributed by atoms with van der Waals surface area (Å²) in [7, 11) is 0. The molecule has 1 aliphatic heterocycles. The highest BCUT2D eigenvalue weighted by Gasteiger charge is 2.15. The van der Waals surface area contributed by atoms with E-state index in [1.807, 2.05) is 12.1 Å². The predicted molar refractivity (Wildman–Crippen MR) is 63.3 cm³/mol. The average molecular weight is 221 g/mol. The van der Waals surface area contributed by atoms with Crippen molar-refractivity contribution >= 4 is 0 Å². The van der Waals surface area contributed by atoms with E-state index in [4.69, 9.17) is 15.6 Å². The molecule has 3 N–H and O–H groups in total. The van der Waals surface area contributed by atoms with Crippen LogP contribution >= 0.6 is 0 Å². The minimum atomic E-state index is -0.260. The summed E-state index contributed by atoms with van der Waals surface area (Å²) in [4.78, 5) is 0. The van der Waals surface area contributed by atoms with Gasteiger partial charge in [0.15, 0.2) is 0 Å². The number of aliphatic hydroxyl groups is 1. The van der Waals surface area contributed by atoms with Crippen LogP contribution in [0.15, 0.2) is 24.3 Å². The summed E-state index contributed by atoms with van der Waals surface area (Å²) in [5, 5.41) is 8.96. The molecule has 1 unspecified atom stereocenters. The second-order valence-electron chi connectivity index (χ2n) is 4.34. The molecule has 0 saturated carbocycles. The van der Waals surface area contributed by atoms with Crippen molar-refractivity contribution < 1.29 is 9.84 Å². The van der Waals surface area contributed by atoms with E-state index in [0.717, 1.165) is 31.6 Å². The fourth-order valence-corrected chi connectivity index (χ4v) is 2.15. The lowest BCUT2D eigenvalue weighted by molar-refractivity contribution is 0.0853. The van der Waals surface area contributed by atoms with Crippen LogP contribution in [-0.4, -0.2) is 24.9 Å². The number of aliphatic hydroxyl groups excluding tert-OH is 1. The summed E-state index contributed by atoms with van der Waals surface area (Å²) in [6.07, 6.45) is 2.21. The van der Waals surface area contributed by atoms with Gasteiger partial charge in [0.05, 0.1) is 12.6 Å². The van der Waals surface area contributed by atoms with E-state index in [9.17, 15) is 0 Å². The third-order valence-corrected chi connectivity index (χ3v) is 3.25. The Bertz CT molecular complexity index is 317. The highest BCUT2D eigenvalue weighted by molar-refractivity contribution is 5.27. The molecular weight excluding hydrogens is 202 g/mol. The fourth-order valence-electron chi connectivity index (χ4n) is 2.15. The number of rotatable bonds is 3. The Hall–Kier alpha value is -0.900. The molecular formula is C13H19NO2. The van der Waals surface area contributed by atoms with Crippen molar-refractivity contribution in [1.82, 2.24) is 0 Å². The summed E-state index contributed by atoms with van der Waals surface area (Å²) in [6.45, 7) is 1.72. The number of hydrogen-bond acceptors (Lipinski definition) is 3. The molecule has 3 heteroatoms. The minimum Gasteiger partial charge on any atom is -0.394 e. The molecule has 0 amide bonds. The fraction of sp³-hybridized carbons (Fsp3) is 0.538. The molecule has 0 radical (unpaired) electrons. The van der Waals surface area contributed by atoms with Gasteiger partial charge in [-0.2, -0.15) is 0 Å². The lowest BCUT2D eigenvalue weighted by atomic mass is 9.90. The van der Waals surface area contributed by atoms with Gasteiger partial charge in [-0.3, -0.25) is 0 Å². The molecule has 0 aromatic heterocycles. The van der Waals surface area contributed by atoms with E-state index < -0.39 is 0 Å². The van der Waals surface area contributed by atoms with Crippen molar-refractivity contribution in [3.05, 3.63) is 35.4 Å². The highest BCUT2D eigenvalue weighted by Crippen LogP contribution is 2.27. The summed E-state index contributed by atoms with van der Waals surface area (Å²) in [5.41, 5.74) is 8.11. The quantitative estimate of drug-likeness (QED) is 0.814. The summed E-state index contributed by atoms with van der Waals surface area (Å²) < 4.78 is 5.35. The van der Waals surface area contributed by atoms with Gasteiger partial charge in [-0.1, -0.05) is 24.3 Å². The molecule has 0 bridgehead atoms. The van der Waals surface area contributed by atoms with Crippen LogP contribution in [-0.2, 0) is 4.74 Å². The molecule has 1 fully saturated rings. The Morgan fingerprint density at radius 1 is 1.25 bits per heavy atom. The van der Waals surface area contributed by atoms with Crippen molar-refractivity contribution in [3.63, 3.8) is 0 Å². The molecule has 1 aromatic rings. The Balaban J connectivity index is 2.06. The van der Waals surface area contributed by atoms with Crippen LogP contribution in [0.2, 0.25) is 0 Å². The van der Waals surface area contributed by atoms with Gasteiger partial charge in [-0.25, -0.2) is 0 Å². The second-order valence-corrected chi connectivity index (χ2v) is 4.34. The molecule has 1 aliphatic rings. The number of ether oxygens (including phenoxy) is 1. The number of benzene rings is 1. The predicted octanol–water partition coefficient (Wildman–Crippen LogP) is 1.57. The zero-order valence-corrected chi connectivity index (χ0v) is 9.43. The largest absolute Gasteiger partial charge is 0.394 e. The SMILES string of the molecule is NC(CO)c1ccc(C2CCOCC2)cc1. The summed E-state index contributed by atoms with van der Waals surface area (Å²) in [5.74, 6) is 0.619. The van der Waals surface area contributed by atoms with Crippen LogP contribution in [0.4, 0.5) is 0 Å². The standard InChI is InChI=1S/C13H19NO2/c14-13(9-15)12-3-1-10(2-4-12)11-5-7-16-8-6-11/h1-4,11,13,15H,5-9,14H2. The topological polar surface area (TPSA) is 55.5 Å². The first-order valence-electron chi connectivity index (χ1n) is 5.85. The smallest absolute Gasteiger partial charge is 0.0624 e. The monoisotopic (exact) mass is 221 g/mol. The molecule has 16 heavy (non-hydrogen) atoms. The second kappa shape index (κ2) is 5.43. The molecule has 0 spiro atoms. The maximum Gasteiger partial charge on any atom is 0.0624 e. The molecule has 1 atom stereocenters. The molecule has 1 heterocycles. The van der Waals surface area contributed by atoms with Crippen molar-refractivity contribution in [1.29, 1.82) is 0 Å². The lowest BCUT2D eigenvalue weighted by Gasteiger charge is -2.22. The van der Waals surface area contributed by atoms with Crippen LogP contribution < -0.4 is 5.73 Å². The average Bonchev–Trinajstić information content (AvgIpc) is 2.39. The Labute approximate surface area is 96.2 Å². The van der Waals surface area contributed by atoms with E-state index in [2.05, 4.69) is 12.1 Å². The van der Waals surface area contributed by atoms with E-state index >= 15 is 0 Å². The van der Waals surface area contributed by atoms with Crippen molar-refractivity contribution in [2.45, 2.75) is 24.8 Å². The third-order valence-electron chi connectivity index (χ3n) is 3.25. The Morgan fingerprint density at radius 2 is 1.88 bits per heavy atom. The van der Waals surface area contributed by atoms with Gasteiger partial charge in [-0.15, -0.1) is 0 Å². The van der Waals surface area contributed by atoms with Gasteiger partial charge in [0.2, 0.25) is 0 Å². The van der Waals surface area contributed by atoms with Crippen LogP contribution in [0.3, 0.4) is 0 Å². The van der Waals surface area contributed by atoms with Crippen molar-refractivity contribution in [3.8, 4) is 0 Å². The minimum absolute atomic E-state index is 0.00336. The lowest BCUT2D eigenvalue weighted by Crippen LogP contribution is -2.16. The molecule has 2 rings (SSSR count). The number of nitrogens with two attached hydrogens (primary N) is 1. The first-order valence-corrected chi connectivity index (χ1v) is 5.85. The molecule has 88 valence electrons. The summed E-state index contributed by atoms with van der Waals surface area (Å²) >= 11 is 0. The van der Waals surface area contributed by atoms with E-state index in [1.54, 1.807) is 0 Å². The Morgan fingerprint density at radius 3 is 2.44 bits per heavy atom. The summed E-state index contributed by atoms with van der Waals surface area (Å²) in [6, 6.07) is 8.03. The van der Waals surface area contributed by atoms with E-state index in [1.165, 1.54) is 5.56 Å². The van der Waals surface area contributed by atoms with Crippen LogP contribution in [0.25, 0.3) is 0 Å². The zero-order chi connectivity index (χ0) is 11.4. The van der Waals surface area contributed by atoms with E-state index in [0.29, 0.717) is 5.92 Å². The first-order chi connectivity index (χ1) is 7.81. The molecule has 1 aromatic carbocycles. The normalized spacial score (nSPS) is 19.6. The van der Waals surface area contributed by atoms with Crippen molar-refractivity contribution in [2.24, 2.45) is 5.73 Å². The van der Waals surface area contributed by atoms with E-state index in [-0.39, 0.29) is 12.6 Å². The zero-order valence-electron chi connectivity index (χ0n) is 9.43. The molecule has 1 saturated heterocycles. The van der Waals surface area contributed by atoms with Gasteiger partial charge in [0.25, 0.3) is 0 Å². The molecule has 3 nitrogen and oxygen atoms in total. The maximum absolute atomic E-state index is 8.96.